The molecule has 1 aromatic heterocycles. The van der Waals surface area contributed by atoms with Crippen molar-refractivity contribution >= 4 is 23.2 Å². The molecule has 0 radical (unpaired) electrons. The Labute approximate surface area is 162 Å². The number of nitrogens with zero attached hydrogens (tertiary/aromatic N) is 2. The first-order chi connectivity index (χ1) is 13.2. The fourth-order valence-corrected chi connectivity index (χ4v) is 3.83. The Morgan fingerprint density at radius 2 is 1.93 bits per heavy atom. The van der Waals surface area contributed by atoms with Crippen LogP contribution in [0, 0.1) is 5.41 Å². The zero-order chi connectivity index (χ0) is 20.5. The second-order valence-corrected chi connectivity index (χ2v) is 8.12. The molecule has 3 rings (SSSR count). The topological polar surface area (TPSA) is 130 Å². The monoisotopic (exact) mass is 388 g/mol. The Bertz CT molecular complexity index is 891. The first kappa shape index (κ1) is 20.0. The van der Waals surface area contributed by atoms with Crippen LogP contribution in [0.5, 0.6) is 0 Å². The number of carbonyl (C=O) groups is 3. The van der Waals surface area contributed by atoms with E-state index in [0.29, 0.717) is 54.8 Å². The van der Waals surface area contributed by atoms with Crippen LogP contribution in [-0.2, 0) is 22.4 Å². The maximum atomic E-state index is 12.5. The molecule has 0 bridgehead atoms. The highest BCUT2D eigenvalue weighted by molar-refractivity contribution is 6.24. The number of rotatable bonds is 5. The highest BCUT2D eigenvalue weighted by Gasteiger charge is 2.36. The summed E-state index contributed by atoms with van der Waals surface area (Å²) in [5.41, 5.74) is 1.24. The summed E-state index contributed by atoms with van der Waals surface area (Å²) in [7, 11) is 0. The smallest absolute Gasteiger partial charge is 0.325 e. The lowest BCUT2D eigenvalue weighted by Crippen LogP contribution is -2.26. The van der Waals surface area contributed by atoms with Crippen LogP contribution in [0.3, 0.4) is 0 Å². The number of carbonyl (C=O) groups excluding carboxylic acids is 2. The molecule has 1 heterocycles. The van der Waals surface area contributed by atoms with Gasteiger partial charge in [-0.2, -0.15) is 0 Å². The van der Waals surface area contributed by atoms with Gasteiger partial charge in [0.05, 0.1) is 16.8 Å². The van der Waals surface area contributed by atoms with Crippen LogP contribution in [0.15, 0.2) is 20.8 Å². The van der Waals surface area contributed by atoms with Crippen LogP contribution in [0.4, 0.5) is 0 Å². The fraction of sp³-hybridized carbons (Fsp3) is 0.550. The third-order valence-corrected chi connectivity index (χ3v) is 5.07. The van der Waals surface area contributed by atoms with E-state index in [9.17, 15) is 19.5 Å². The summed E-state index contributed by atoms with van der Waals surface area (Å²) in [5.74, 6) is -0.935. The molecule has 0 amide bonds. The van der Waals surface area contributed by atoms with E-state index in [4.69, 9.17) is 9.63 Å². The normalized spacial score (nSPS) is 22.3. The number of hydrogen-bond acceptors (Lipinski definition) is 7. The van der Waals surface area contributed by atoms with E-state index >= 15 is 0 Å². The van der Waals surface area contributed by atoms with E-state index in [2.05, 4.69) is 10.1 Å². The van der Waals surface area contributed by atoms with Crippen molar-refractivity contribution in [2.45, 2.75) is 58.8 Å². The van der Waals surface area contributed by atoms with Crippen LogP contribution in [0.25, 0.3) is 0 Å². The molecule has 28 heavy (non-hydrogen) atoms. The van der Waals surface area contributed by atoms with Crippen molar-refractivity contribution in [1.29, 1.82) is 0 Å². The minimum atomic E-state index is -1.10. The van der Waals surface area contributed by atoms with Gasteiger partial charge in [-0.05, 0) is 18.3 Å². The van der Waals surface area contributed by atoms with E-state index in [1.807, 2.05) is 13.8 Å². The van der Waals surface area contributed by atoms with Gasteiger partial charge in [-0.25, -0.2) is 0 Å². The highest BCUT2D eigenvalue weighted by Crippen LogP contribution is 2.36. The number of allylic oxidation sites excluding steroid dienone is 2. The van der Waals surface area contributed by atoms with Crippen molar-refractivity contribution in [3.63, 3.8) is 0 Å². The maximum Gasteiger partial charge on any atom is 0.325 e. The van der Waals surface area contributed by atoms with Gasteiger partial charge < -0.3 is 14.7 Å². The van der Waals surface area contributed by atoms with E-state index < -0.39 is 12.5 Å². The maximum absolute atomic E-state index is 12.5. The largest absolute Gasteiger partial charge is 0.511 e. The van der Waals surface area contributed by atoms with Crippen molar-refractivity contribution in [3.05, 3.63) is 28.3 Å². The summed E-state index contributed by atoms with van der Waals surface area (Å²) in [5, 5.41) is 23.3. The predicted molar refractivity (Wildman–Crippen MR) is 99.7 cm³/mol. The number of fused-ring (bicyclic) bond motifs is 1. The van der Waals surface area contributed by atoms with Crippen molar-refractivity contribution in [1.82, 2.24) is 5.16 Å². The summed E-state index contributed by atoms with van der Waals surface area (Å²) in [6.07, 6.45) is 2.70. The molecule has 1 aromatic rings. The quantitative estimate of drug-likeness (QED) is 0.586. The van der Waals surface area contributed by atoms with Gasteiger partial charge in [0, 0.05) is 37.8 Å². The summed E-state index contributed by atoms with van der Waals surface area (Å²) in [6.45, 7) is 3.55. The SMILES string of the molecule is CC1(C)CC(=O)c2c(CC/C(O)=C3/C(=O)CCCC3=NCC(=O)O)noc2C1. The Morgan fingerprint density at radius 3 is 2.64 bits per heavy atom. The lowest BCUT2D eigenvalue weighted by molar-refractivity contribution is -0.135. The number of carboxylic acids is 1. The second-order valence-electron chi connectivity index (χ2n) is 8.12. The van der Waals surface area contributed by atoms with E-state index in [-0.39, 0.29) is 41.2 Å². The molecule has 0 unspecified atom stereocenters. The predicted octanol–water partition coefficient (Wildman–Crippen LogP) is 2.85. The Morgan fingerprint density at radius 1 is 1.18 bits per heavy atom. The average Bonchev–Trinajstić information content (AvgIpc) is 2.99. The van der Waals surface area contributed by atoms with Crippen molar-refractivity contribution in [2.75, 3.05) is 6.54 Å². The third kappa shape index (κ3) is 4.21. The molecule has 1 fully saturated rings. The minimum Gasteiger partial charge on any atom is -0.511 e. The minimum absolute atomic E-state index is 0.0212. The zero-order valence-corrected chi connectivity index (χ0v) is 16.1. The lowest BCUT2D eigenvalue weighted by atomic mass is 9.76. The molecule has 1 saturated carbocycles. The summed E-state index contributed by atoms with van der Waals surface area (Å²) < 4.78 is 5.35. The molecular weight excluding hydrogens is 364 g/mol. The van der Waals surface area contributed by atoms with E-state index in [1.165, 1.54) is 0 Å². The molecule has 2 aliphatic rings. The second kappa shape index (κ2) is 7.69. The number of ketones is 2. The van der Waals surface area contributed by atoms with Gasteiger partial charge in [-0.3, -0.25) is 19.4 Å². The number of aliphatic hydroxyl groups is 1. The van der Waals surface area contributed by atoms with Crippen molar-refractivity contribution in [2.24, 2.45) is 10.4 Å². The number of aryl methyl sites for hydroxylation is 1. The fourth-order valence-electron chi connectivity index (χ4n) is 3.83. The van der Waals surface area contributed by atoms with E-state index in [0.717, 1.165) is 0 Å². The van der Waals surface area contributed by atoms with Crippen LogP contribution in [0.1, 0.15) is 67.8 Å². The van der Waals surface area contributed by atoms with Crippen molar-refractivity contribution < 1.29 is 29.1 Å². The zero-order valence-electron chi connectivity index (χ0n) is 16.1. The molecule has 0 saturated heterocycles. The number of aliphatic hydroxyl groups excluding tert-OH is 1. The number of Topliss-reactive ketones (excluding diaryl/α,β-unsaturated/α-hetero) is 2. The van der Waals surface area contributed by atoms with Crippen LogP contribution < -0.4 is 0 Å². The Kier molecular flexibility index (Phi) is 5.49. The highest BCUT2D eigenvalue weighted by atomic mass is 16.5. The van der Waals surface area contributed by atoms with Gasteiger partial charge in [0.25, 0.3) is 0 Å². The number of hydrogen-bond donors (Lipinski definition) is 2. The number of aliphatic imine (C=N–C) groups is 1. The van der Waals surface area contributed by atoms with Crippen LogP contribution in [-0.4, -0.2) is 45.2 Å². The third-order valence-electron chi connectivity index (χ3n) is 5.07. The van der Waals surface area contributed by atoms with E-state index in [1.54, 1.807) is 0 Å². The number of carboxylic acid groups (broad SMARTS) is 1. The van der Waals surface area contributed by atoms with Gasteiger partial charge in [0.1, 0.15) is 18.1 Å². The summed E-state index contributed by atoms with van der Waals surface area (Å²) >= 11 is 0. The standard InChI is InChI=1S/C20H24N2O6/c1-20(2)8-15(25)19-12(22-28-16(19)9-20)6-7-14(24)18-11(21-10-17(26)27)4-3-5-13(18)23/h24H,3-10H2,1-2H3,(H,26,27)/b18-14-,21-11?. The number of aliphatic carboxylic acids is 1. The Balaban J connectivity index is 1.81. The first-order valence-electron chi connectivity index (χ1n) is 9.39. The molecule has 0 spiro atoms. The molecule has 8 heteroatoms. The van der Waals surface area contributed by atoms with Gasteiger partial charge >= 0.3 is 5.97 Å². The van der Waals surface area contributed by atoms with Crippen LogP contribution in [0.2, 0.25) is 0 Å². The summed E-state index contributed by atoms with van der Waals surface area (Å²) in [4.78, 5) is 39.5. The molecule has 150 valence electrons. The van der Waals surface area contributed by atoms with Gasteiger partial charge in [0.15, 0.2) is 11.6 Å². The molecular formula is C20H24N2O6. The van der Waals surface area contributed by atoms with Gasteiger partial charge in [-0.1, -0.05) is 19.0 Å². The molecule has 2 N–H and O–H groups in total. The van der Waals surface area contributed by atoms with Crippen molar-refractivity contribution in [3.8, 4) is 0 Å². The first-order valence-corrected chi connectivity index (χ1v) is 9.39. The lowest BCUT2D eigenvalue weighted by Gasteiger charge is -2.26. The molecule has 0 aliphatic heterocycles. The summed E-state index contributed by atoms with van der Waals surface area (Å²) in [6, 6.07) is 0. The molecule has 8 nitrogen and oxygen atoms in total. The molecule has 0 atom stereocenters. The van der Waals surface area contributed by atoms with Crippen LogP contribution >= 0.6 is 0 Å². The van der Waals surface area contributed by atoms with Gasteiger partial charge in [-0.15, -0.1) is 0 Å². The average molecular weight is 388 g/mol. The Hall–Kier alpha value is -2.77. The molecule has 2 aliphatic carbocycles. The molecule has 0 aromatic carbocycles. The van der Waals surface area contributed by atoms with Gasteiger partial charge in [0.2, 0.25) is 0 Å². The number of aromatic nitrogens is 1.